The normalized spacial score (nSPS) is 39.6. The van der Waals surface area contributed by atoms with Crippen LogP contribution in [0.4, 0.5) is 0 Å². The van der Waals surface area contributed by atoms with Crippen LogP contribution in [0, 0.1) is 11.8 Å². The Morgan fingerprint density at radius 2 is 2.29 bits per heavy atom. The van der Waals surface area contributed by atoms with Crippen molar-refractivity contribution in [3.05, 3.63) is 23.5 Å². The van der Waals surface area contributed by atoms with E-state index in [1.165, 1.54) is 31.4 Å². The Labute approximate surface area is 85.2 Å². The Morgan fingerprint density at radius 3 is 2.86 bits per heavy atom. The third-order valence-corrected chi connectivity index (χ3v) is 3.87. The van der Waals surface area contributed by atoms with Gasteiger partial charge in [0.2, 0.25) is 0 Å². The van der Waals surface area contributed by atoms with Crippen LogP contribution in [0.25, 0.3) is 0 Å². The number of carbonyl (C=O) groups excluding carboxylic acids is 1. The fraction of sp³-hybridized carbons (Fsp3) is 0.615. The van der Waals surface area contributed by atoms with E-state index in [9.17, 15) is 0 Å². The molecule has 2 atom stereocenters. The van der Waals surface area contributed by atoms with Gasteiger partial charge in [0.1, 0.15) is 0 Å². The van der Waals surface area contributed by atoms with Crippen LogP contribution in [0.2, 0.25) is 0 Å². The minimum absolute atomic E-state index is 0.857. The van der Waals surface area contributed by atoms with Crippen LogP contribution in [0.3, 0.4) is 0 Å². The summed E-state index contributed by atoms with van der Waals surface area (Å²) < 4.78 is 5.83. The van der Waals surface area contributed by atoms with Crippen molar-refractivity contribution in [2.75, 3.05) is 0 Å². The smallest absolute Gasteiger partial charge is 0.213 e. The highest BCUT2D eigenvalue weighted by Crippen LogP contribution is 2.49. The molecular weight excluding hydrogens is 172 g/mol. The van der Waals surface area contributed by atoms with E-state index in [1.54, 1.807) is 5.57 Å². The molecule has 2 fully saturated rings. The van der Waals surface area contributed by atoms with E-state index in [1.807, 2.05) is 0 Å². The summed E-state index contributed by atoms with van der Waals surface area (Å²) in [4.78, 5) is 0. The average Bonchev–Trinajstić information content (AvgIpc) is 2.93. The van der Waals surface area contributed by atoms with Crippen LogP contribution in [-0.4, -0.2) is 5.78 Å². The van der Waals surface area contributed by atoms with Crippen molar-refractivity contribution in [2.45, 2.75) is 39.0 Å². The molecule has 3 rings (SSSR count). The Balaban J connectivity index is 1.92. The van der Waals surface area contributed by atoms with Crippen LogP contribution < -0.4 is 0 Å². The summed E-state index contributed by atoms with van der Waals surface area (Å²) in [5.74, 6) is 4.16. The first kappa shape index (κ1) is 8.46. The predicted octanol–water partition coefficient (Wildman–Crippen LogP) is 3.15. The fourth-order valence-electron chi connectivity index (χ4n) is 3.10. The zero-order valence-corrected chi connectivity index (χ0v) is 8.75. The van der Waals surface area contributed by atoms with Crippen molar-refractivity contribution in [1.29, 1.82) is 0 Å². The highest BCUT2D eigenvalue weighted by Gasteiger charge is 2.40. The number of fused-ring (bicyclic) bond motifs is 2. The molecule has 0 amide bonds. The molecule has 0 aromatic heterocycles. The van der Waals surface area contributed by atoms with E-state index in [2.05, 4.69) is 19.1 Å². The van der Waals surface area contributed by atoms with Crippen molar-refractivity contribution < 1.29 is 4.42 Å². The summed E-state index contributed by atoms with van der Waals surface area (Å²) >= 11 is 0. The van der Waals surface area contributed by atoms with E-state index >= 15 is 0 Å². The van der Waals surface area contributed by atoms with Crippen LogP contribution in [0.5, 0.6) is 0 Å². The van der Waals surface area contributed by atoms with Gasteiger partial charge in [-0.1, -0.05) is 6.92 Å². The fourth-order valence-corrected chi connectivity index (χ4v) is 3.10. The molecule has 1 heteroatoms. The molecule has 2 aliphatic carbocycles. The maximum atomic E-state index is 5.83. The molecule has 1 aliphatic heterocycles. The molecular formula is C13H17O+. The molecule has 2 bridgehead atoms. The SMILES string of the molecule is CCC1=[O+]/C(=C2\CC3CCC2C3)C=C1. The molecule has 3 aliphatic rings. The first-order chi connectivity index (χ1) is 6.86. The van der Waals surface area contributed by atoms with Crippen LogP contribution in [-0.2, 0) is 4.42 Å². The van der Waals surface area contributed by atoms with Gasteiger partial charge in [-0.15, -0.1) is 0 Å². The summed E-state index contributed by atoms with van der Waals surface area (Å²) in [6, 6.07) is 0. The largest absolute Gasteiger partial charge is 0.352 e. The van der Waals surface area contributed by atoms with E-state index < -0.39 is 0 Å². The van der Waals surface area contributed by atoms with Gasteiger partial charge in [0.05, 0.1) is 12.5 Å². The van der Waals surface area contributed by atoms with Crippen molar-refractivity contribution >= 4 is 5.78 Å². The standard InChI is InChI=1S/C13H17O/c1-2-11-5-6-13(14-11)12-8-9-3-4-10(12)7-9/h5-6,9-10H,2-4,7-8H2,1H3/q+1/b13-12+. The third-order valence-electron chi connectivity index (χ3n) is 3.87. The molecule has 0 aromatic rings. The summed E-state index contributed by atoms with van der Waals surface area (Å²) in [6.45, 7) is 2.15. The summed E-state index contributed by atoms with van der Waals surface area (Å²) in [6.07, 6.45) is 10.9. The molecule has 2 unspecified atom stereocenters. The van der Waals surface area contributed by atoms with Gasteiger partial charge in [-0.2, -0.15) is 0 Å². The highest BCUT2D eigenvalue weighted by molar-refractivity contribution is 5.91. The third kappa shape index (κ3) is 1.18. The topological polar surface area (TPSA) is 11.3 Å². The minimum atomic E-state index is 0.857. The second kappa shape index (κ2) is 3.08. The highest BCUT2D eigenvalue weighted by atomic mass is 16.4. The molecule has 0 spiro atoms. The minimum Gasteiger partial charge on any atom is -0.213 e. The number of hydrogen-bond acceptors (Lipinski definition) is 0. The predicted molar refractivity (Wildman–Crippen MR) is 56.9 cm³/mol. The van der Waals surface area contributed by atoms with Gasteiger partial charge in [-0.25, -0.2) is 4.42 Å². The van der Waals surface area contributed by atoms with E-state index in [4.69, 9.17) is 4.42 Å². The quantitative estimate of drug-likeness (QED) is 0.561. The molecule has 2 saturated carbocycles. The van der Waals surface area contributed by atoms with Crippen LogP contribution >= 0.6 is 0 Å². The van der Waals surface area contributed by atoms with Crippen LogP contribution in [0.1, 0.15) is 39.0 Å². The Hall–Kier alpha value is -0.850. The Kier molecular flexibility index (Phi) is 1.86. The lowest BCUT2D eigenvalue weighted by Gasteiger charge is -2.09. The van der Waals surface area contributed by atoms with Gasteiger partial charge in [-0.05, 0) is 37.5 Å². The summed E-state index contributed by atoms with van der Waals surface area (Å²) in [5, 5.41) is 0. The maximum absolute atomic E-state index is 5.83. The van der Waals surface area contributed by atoms with Gasteiger partial charge in [0, 0.05) is 11.6 Å². The lowest BCUT2D eigenvalue weighted by Crippen LogP contribution is -2.01. The zero-order valence-electron chi connectivity index (χ0n) is 8.75. The van der Waals surface area contributed by atoms with Gasteiger partial charge >= 0.3 is 11.5 Å². The number of hydrogen-bond donors (Lipinski definition) is 0. The molecule has 0 aromatic carbocycles. The van der Waals surface area contributed by atoms with Gasteiger partial charge in [-0.3, -0.25) is 0 Å². The molecule has 14 heavy (non-hydrogen) atoms. The second-order valence-electron chi connectivity index (χ2n) is 4.72. The molecule has 1 nitrogen and oxygen atoms in total. The monoisotopic (exact) mass is 189 g/mol. The Bertz CT molecular complexity index is 346. The lowest BCUT2D eigenvalue weighted by atomic mass is 9.94. The van der Waals surface area contributed by atoms with E-state index in [0.717, 1.165) is 24.0 Å². The van der Waals surface area contributed by atoms with Gasteiger partial charge in [0.15, 0.2) is 0 Å². The average molecular weight is 189 g/mol. The van der Waals surface area contributed by atoms with Crippen molar-refractivity contribution in [3.63, 3.8) is 0 Å². The molecule has 1 heterocycles. The van der Waals surface area contributed by atoms with Crippen LogP contribution in [0.15, 0.2) is 23.5 Å². The molecule has 0 radical (unpaired) electrons. The van der Waals surface area contributed by atoms with Gasteiger partial charge in [0.25, 0.3) is 0 Å². The number of allylic oxidation sites excluding steroid dienone is 3. The Morgan fingerprint density at radius 1 is 1.36 bits per heavy atom. The van der Waals surface area contributed by atoms with Crippen molar-refractivity contribution in [1.82, 2.24) is 0 Å². The van der Waals surface area contributed by atoms with E-state index in [0.29, 0.717) is 0 Å². The summed E-state index contributed by atoms with van der Waals surface area (Å²) in [7, 11) is 0. The summed E-state index contributed by atoms with van der Waals surface area (Å²) in [5.41, 5.74) is 1.61. The first-order valence-electron chi connectivity index (χ1n) is 5.81. The van der Waals surface area contributed by atoms with Crippen molar-refractivity contribution in [2.24, 2.45) is 11.8 Å². The van der Waals surface area contributed by atoms with E-state index in [-0.39, 0.29) is 0 Å². The maximum Gasteiger partial charge on any atom is 0.352 e. The number of ketones is 1. The zero-order chi connectivity index (χ0) is 9.54. The van der Waals surface area contributed by atoms with Crippen molar-refractivity contribution in [3.8, 4) is 0 Å². The molecule has 74 valence electrons. The molecule has 0 N–H and O–H groups in total. The molecule has 0 saturated heterocycles. The lowest BCUT2D eigenvalue weighted by molar-refractivity contribution is -0.389. The first-order valence-corrected chi connectivity index (χ1v) is 5.81. The van der Waals surface area contributed by atoms with Gasteiger partial charge < -0.3 is 0 Å². The second-order valence-corrected chi connectivity index (χ2v) is 4.72. The number of rotatable bonds is 1.